The molecule has 0 aliphatic heterocycles. The lowest BCUT2D eigenvalue weighted by Gasteiger charge is -2.09. The van der Waals surface area contributed by atoms with Gasteiger partial charge in [-0.3, -0.25) is 0 Å². The Morgan fingerprint density at radius 1 is 1.33 bits per heavy atom. The van der Waals surface area contributed by atoms with Crippen LogP contribution in [-0.4, -0.2) is 20.1 Å². The Labute approximate surface area is 124 Å². The van der Waals surface area contributed by atoms with Crippen molar-refractivity contribution in [1.29, 1.82) is 0 Å². The Hall–Kier alpha value is -2.54. The summed E-state index contributed by atoms with van der Waals surface area (Å²) in [5, 5.41) is 6.96. The molecule has 0 saturated carbocycles. The van der Waals surface area contributed by atoms with E-state index in [2.05, 4.69) is 25.4 Å². The minimum Gasteiger partial charge on any atom is -0.338 e. The van der Waals surface area contributed by atoms with Gasteiger partial charge >= 0.3 is 0 Å². The molecule has 2 aromatic heterocycles. The zero-order valence-electron chi connectivity index (χ0n) is 10.8. The van der Waals surface area contributed by atoms with Crippen molar-refractivity contribution in [2.45, 2.75) is 6.92 Å². The van der Waals surface area contributed by atoms with Gasteiger partial charge in [0.05, 0.1) is 10.7 Å². The predicted molar refractivity (Wildman–Crippen MR) is 74.8 cm³/mol. The monoisotopic (exact) mass is 305 g/mol. The largest absolute Gasteiger partial charge is 0.338 e. The summed E-state index contributed by atoms with van der Waals surface area (Å²) >= 11 is 5.98. The van der Waals surface area contributed by atoms with Gasteiger partial charge in [-0.25, -0.2) is 14.4 Å². The fourth-order valence-corrected chi connectivity index (χ4v) is 1.93. The van der Waals surface area contributed by atoms with Gasteiger partial charge in [-0.1, -0.05) is 16.8 Å². The minimum absolute atomic E-state index is 0.237. The predicted octanol–water partition coefficient (Wildman–Crippen LogP) is 3.37. The third-order valence-corrected chi connectivity index (χ3v) is 2.97. The average molecular weight is 306 g/mol. The molecule has 0 atom stereocenters. The van der Waals surface area contributed by atoms with Crippen molar-refractivity contribution in [3.8, 4) is 11.5 Å². The molecule has 21 heavy (non-hydrogen) atoms. The smallest absolute Gasteiger partial charge is 0.263 e. The van der Waals surface area contributed by atoms with Gasteiger partial charge in [0.15, 0.2) is 5.82 Å². The lowest BCUT2D eigenvalue weighted by molar-refractivity contribution is 0.425. The third-order valence-electron chi connectivity index (χ3n) is 2.65. The van der Waals surface area contributed by atoms with E-state index in [-0.39, 0.29) is 10.9 Å². The van der Waals surface area contributed by atoms with Gasteiger partial charge in [0.2, 0.25) is 0 Å². The van der Waals surface area contributed by atoms with Crippen LogP contribution in [0.1, 0.15) is 5.82 Å². The second-order valence-corrected chi connectivity index (χ2v) is 4.59. The Bertz CT molecular complexity index is 792. The first-order valence-corrected chi connectivity index (χ1v) is 6.34. The normalized spacial score (nSPS) is 10.6. The molecule has 106 valence electrons. The highest BCUT2D eigenvalue weighted by Gasteiger charge is 2.14. The molecule has 1 aromatic carbocycles. The molecule has 0 aliphatic carbocycles. The maximum atomic E-state index is 13.1. The van der Waals surface area contributed by atoms with Crippen molar-refractivity contribution < 1.29 is 8.91 Å². The van der Waals surface area contributed by atoms with Gasteiger partial charge in [0.1, 0.15) is 23.5 Å². The first-order valence-electron chi connectivity index (χ1n) is 5.96. The van der Waals surface area contributed by atoms with Gasteiger partial charge in [-0.05, 0) is 25.1 Å². The van der Waals surface area contributed by atoms with E-state index in [9.17, 15) is 4.39 Å². The van der Waals surface area contributed by atoms with Crippen molar-refractivity contribution >= 4 is 23.1 Å². The fourth-order valence-electron chi connectivity index (χ4n) is 1.71. The third kappa shape index (κ3) is 2.82. The number of aryl methyl sites for hydroxylation is 1. The molecule has 0 saturated heterocycles. The van der Waals surface area contributed by atoms with E-state index in [1.165, 1.54) is 24.5 Å². The number of nitrogens with zero attached hydrogens (tertiary/aromatic N) is 4. The zero-order valence-corrected chi connectivity index (χ0v) is 11.6. The Balaban J connectivity index is 1.99. The lowest BCUT2D eigenvalue weighted by atomic mass is 10.2. The molecule has 0 amide bonds. The van der Waals surface area contributed by atoms with Gasteiger partial charge < -0.3 is 9.84 Å². The maximum Gasteiger partial charge on any atom is 0.263 e. The number of hydrogen-bond acceptors (Lipinski definition) is 6. The summed E-state index contributed by atoms with van der Waals surface area (Å²) in [6.45, 7) is 1.71. The highest BCUT2D eigenvalue weighted by atomic mass is 35.5. The van der Waals surface area contributed by atoms with Gasteiger partial charge in [-0.15, -0.1) is 0 Å². The van der Waals surface area contributed by atoms with Crippen LogP contribution in [-0.2, 0) is 0 Å². The van der Waals surface area contributed by atoms with Crippen LogP contribution in [0.15, 0.2) is 35.2 Å². The highest BCUT2D eigenvalue weighted by molar-refractivity contribution is 6.33. The van der Waals surface area contributed by atoms with Gasteiger partial charge in [0, 0.05) is 6.20 Å². The van der Waals surface area contributed by atoms with E-state index in [0.29, 0.717) is 22.9 Å². The SMILES string of the molecule is Cc1noc(-c2cncnc2Nc2ccc(F)cc2Cl)n1. The Morgan fingerprint density at radius 2 is 2.19 bits per heavy atom. The van der Waals surface area contributed by atoms with Gasteiger partial charge in [0.25, 0.3) is 5.89 Å². The summed E-state index contributed by atoms with van der Waals surface area (Å²) < 4.78 is 18.2. The molecule has 1 N–H and O–H groups in total. The van der Waals surface area contributed by atoms with E-state index >= 15 is 0 Å². The molecule has 0 bridgehead atoms. The van der Waals surface area contributed by atoms with Crippen LogP contribution in [0.4, 0.5) is 15.9 Å². The van der Waals surface area contributed by atoms with Crippen LogP contribution in [0.2, 0.25) is 5.02 Å². The van der Waals surface area contributed by atoms with Crippen molar-refractivity contribution in [3.63, 3.8) is 0 Å². The van der Waals surface area contributed by atoms with Crippen molar-refractivity contribution in [3.05, 3.63) is 47.4 Å². The molecule has 0 spiro atoms. The second-order valence-electron chi connectivity index (χ2n) is 4.18. The number of aromatic nitrogens is 4. The summed E-state index contributed by atoms with van der Waals surface area (Å²) in [6.07, 6.45) is 2.91. The van der Waals surface area contributed by atoms with E-state index in [0.717, 1.165) is 0 Å². The van der Waals surface area contributed by atoms with Crippen LogP contribution in [0, 0.1) is 12.7 Å². The van der Waals surface area contributed by atoms with Gasteiger partial charge in [-0.2, -0.15) is 4.98 Å². The van der Waals surface area contributed by atoms with E-state index in [1.807, 2.05) is 0 Å². The molecular formula is C13H9ClFN5O. The molecule has 6 nitrogen and oxygen atoms in total. The van der Waals surface area contributed by atoms with Crippen LogP contribution in [0.3, 0.4) is 0 Å². The second kappa shape index (κ2) is 5.45. The first kappa shape index (κ1) is 13.4. The van der Waals surface area contributed by atoms with Crippen LogP contribution >= 0.6 is 11.6 Å². The number of anilines is 2. The highest BCUT2D eigenvalue weighted by Crippen LogP contribution is 2.30. The van der Waals surface area contributed by atoms with Crippen LogP contribution in [0.25, 0.3) is 11.5 Å². The standard InChI is InChI=1S/C13H9ClFN5O/c1-7-18-13(21-20-7)9-5-16-6-17-12(9)19-11-3-2-8(15)4-10(11)14/h2-6H,1H3,(H,16,17,19). The topological polar surface area (TPSA) is 76.7 Å². The van der Waals surface area contributed by atoms with Crippen molar-refractivity contribution in [2.75, 3.05) is 5.32 Å². The molecule has 0 aliphatic rings. The fraction of sp³-hybridized carbons (Fsp3) is 0.0769. The molecule has 2 heterocycles. The molecule has 0 unspecified atom stereocenters. The van der Waals surface area contributed by atoms with Crippen LogP contribution < -0.4 is 5.32 Å². The number of rotatable bonds is 3. The first-order chi connectivity index (χ1) is 10.1. The Kier molecular flexibility index (Phi) is 3.49. The van der Waals surface area contributed by atoms with E-state index in [4.69, 9.17) is 16.1 Å². The summed E-state index contributed by atoms with van der Waals surface area (Å²) in [5.74, 6) is 0.802. The summed E-state index contributed by atoms with van der Waals surface area (Å²) in [7, 11) is 0. The minimum atomic E-state index is -0.416. The maximum absolute atomic E-state index is 13.1. The number of hydrogen-bond donors (Lipinski definition) is 1. The summed E-state index contributed by atoms with van der Waals surface area (Å²) in [5.41, 5.74) is 1.03. The molecule has 3 aromatic rings. The molecule has 8 heteroatoms. The number of halogens is 2. The van der Waals surface area contributed by atoms with Crippen molar-refractivity contribution in [2.24, 2.45) is 0 Å². The Morgan fingerprint density at radius 3 is 2.90 bits per heavy atom. The number of benzene rings is 1. The summed E-state index contributed by atoms with van der Waals surface area (Å²) in [4.78, 5) is 12.2. The van der Waals surface area contributed by atoms with Crippen LogP contribution in [0.5, 0.6) is 0 Å². The zero-order chi connectivity index (χ0) is 14.8. The summed E-state index contributed by atoms with van der Waals surface area (Å²) in [6, 6.07) is 4.02. The van der Waals surface area contributed by atoms with E-state index < -0.39 is 5.82 Å². The van der Waals surface area contributed by atoms with E-state index in [1.54, 1.807) is 13.1 Å². The lowest BCUT2D eigenvalue weighted by Crippen LogP contribution is -1.98. The molecular weight excluding hydrogens is 297 g/mol. The quantitative estimate of drug-likeness (QED) is 0.799. The average Bonchev–Trinajstić information content (AvgIpc) is 2.89. The van der Waals surface area contributed by atoms with Crippen molar-refractivity contribution in [1.82, 2.24) is 20.1 Å². The molecule has 0 fully saturated rings. The number of nitrogens with one attached hydrogen (secondary N) is 1. The molecule has 3 rings (SSSR count). The molecule has 0 radical (unpaired) electrons.